The van der Waals surface area contributed by atoms with Crippen molar-refractivity contribution in [3.05, 3.63) is 45.6 Å². The van der Waals surface area contributed by atoms with E-state index in [-0.39, 0.29) is 17.2 Å². The molecular formula is C17H18N2O4S. The number of carbonyl (C=O) groups is 3. The molecule has 6 nitrogen and oxygen atoms in total. The summed E-state index contributed by atoms with van der Waals surface area (Å²) in [5, 5.41) is 14.8. The summed E-state index contributed by atoms with van der Waals surface area (Å²) in [6.45, 7) is 5.65. The van der Waals surface area contributed by atoms with E-state index in [0.717, 1.165) is 5.56 Å². The van der Waals surface area contributed by atoms with Crippen LogP contribution in [0.25, 0.3) is 0 Å². The maximum Gasteiger partial charge on any atom is 0.338 e. The number of rotatable bonds is 5. The predicted octanol–water partition coefficient (Wildman–Crippen LogP) is 3.38. The van der Waals surface area contributed by atoms with Gasteiger partial charge in [0, 0.05) is 35.5 Å². The van der Waals surface area contributed by atoms with E-state index >= 15 is 0 Å². The highest BCUT2D eigenvalue weighted by Gasteiger charge is 2.17. The number of hydrogen-bond acceptors (Lipinski definition) is 4. The first-order valence-corrected chi connectivity index (χ1v) is 8.28. The van der Waals surface area contributed by atoms with Gasteiger partial charge in [0.2, 0.25) is 5.91 Å². The summed E-state index contributed by atoms with van der Waals surface area (Å²) >= 11 is 1.20. The number of benzene rings is 1. The van der Waals surface area contributed by atoms with Crippen molar-refractivity contribution in [2.75, 3.05) is 16.8 Å². The fourth-order valence-electron chi connectivity index (χ4n) is 2.39. The summed E-state index contributed by atoms with van der Waals surface area (Å²) < 4.78 is 0. The molecule has 24 heavy (non-hydrogen) atoms. The van der Waals surface area contributed by atoms with Gasteiger partial charge in [-0.25, -0.2) is 4.79 Å². The van der Waals surface area contributed by atoms with Gasteiger partial charge in [0.15, 0.2) is 0 Å². The van der Waals surface area contributed by atoms with Crippen molar-refractivity contribution in [2.45, 2.75) is 20.8 Å². The van der Waals surface area contributed by atoms with Crippen LogP contribution in [0.4, 0.5) is 11.4 Å². The minimum absolute atomic E-state index is 0.0557. The Hall–Kier alpha value is -2.67. The number of nitrogens with one attached hydrogen (secondary N) is 1. The summed E-state index contributed by atoms with van der Waals surface area (Å²) in [4.78, 5) is 36.9. The zero-order valence-corrected chi connectivity index (χ0v) is 14.4. The summed E-state index contributed by atoms with van der Waals surface area (Å²) in [7, 11) is 0. The van der Waals surface area contributed by atoms with Crippen LogP contribution in [-0.4, -0.2) is 29.4 Å². The van der Waals surface area contributed by atoms with Crippen LogP contribution in [0.3, 0.4) is 0 Å². The monoisotopic (exact) mass is 346 g/mol. The molecule has 0 bridgehead atoms. The number of hydrogen-bond donors (Lipinski definition) is 2. The Morgan fingerprint density at radius 1 is 1.21 bits per heavy atom. The lowest BCUT2D eigenvalue weighted by molar-refractivity contribution is -0.116. The zero-order valence-electron chi connectivity index (χ0n) is 13.6. The van der Waals surface area contributed by atoms with E-state index in [4.69, 9.17) is 5.11 Å². The number of carboxylic acids is 1. The molecule has 0 unspecified atom stereocenters. The van der Waals surface area contributed by atoms with Crippen molar-refractivity contribution in [1.82, 2.24) is 0 Å². The lowest BCUT2D eigenvalue weighted by Gasteiger charge is -2.20. The number of aromatic carboxylic acids is 1. The lowest BCUT2D eigenvalue weighted by Crippen LogP contribution is -2.28. The van der Waals surface area contributed by atoms with Gasteiger partial charge in [-0.2, -0.15) is 0 Å². The van der Waals surface area contributed by atoms with Crippen LogP contribution >= 0.6 is 11.3 Å². The Morgan fingerprint density at radius 2 is 1.92 bits per heavy atom. The highest BCUT2D eigenvalue weighted by molar-refractivity contribution is 7.08. The highest BCUT2D eigenvalue weighted by atomic mass is 32.1. The molecule has 0 saturated carbocycles. The van der Waals surface area contributed by atoms with Crippen LogP contribution < -0.4 is 10.2 Å². The molecule has 0 atom stereocenters. The molecule has 1 heterocycles. The van der Waals surface area contributed by atoms with Crippen molar-refractivity contribution in [3.63, 3.8) is 0 Å². The average Bonchev–Trinajstić information content (AvgIpc) is 2.95. The predicted molar refractivity (Wildman–Crippen MR) is 94.1 cm³/mol. The summed E-state index contributed by atoms with van der Waals surface area (Å²) in [5.41, 5.74) is 2.16. The van der Waals surface area contributed by atoms with Crippen molar-refractivity contribution in [1.29, 1.82) is 0 Å². The van der Waals surface area contributed by atoms with E-state index in [1.807, 2.05) is 19.9 Å². The van der Waals surface area contributed by atoms with Gasteiger partial charge >= 0.3 is 5.97 Å². The Labute approximate surface area is 143 Å². The molecule has 2 amide bonds. The first-order valence-electron chi connectivity index (χ1n) is 7.34. The molecule has 0 spiro atoms. The maximum atomic E-state index is 12.5. The van der Waals surface area contributed by atoms with Gasteiger partial charge in [0.25, 0.3) is 5.91 Å². The second-order valence-electron chi connectivity index (χ2n) is 5.28. The van der Waals surface area contributed by atoms with Crippen LogP contribution in [0.1, 0.15) is 40.1 Å². The van der Waals surface area contributed by atoms with Crippen molar-refractivity contribution >= 4 is 40.5 Å². The minimum atomic E-state index is -1.09. The van der Waals surface area contributed by atoms with Gasteiger partial charge in [0.1, 0.15) is 0 Å². The molecule has 2 rings (SSSR count). The van der Waals surface area contributed by atoms with Gasteiger partial charge in [0.05, 0.1) is 11.3 Å². The van der Waals surface area contributed by atoms with E-state index in [2.05, 4.69) is 5.32 Å². The second-order valence-corrected chi connectivity index (χ2v) is 6.02. The Kier molecular flexibility index (Phi) is 5.35. The number of carboxylic acid groups (broad SMARTS) is 1. The number of carbonyl (C=O) groups excluding carboxylic acids is 2. The largest absolute Gasteiger partial charge is 0.478 e. The Morgan fingerprint density at radius 3 is 2.50 bits per heavy atom. The van der Waals surface area contributed by atoms with E-state index in [9.17, 15) is 14.4 Å². The molecule has 0 fully saturated rings. The number of aryl methyl sites for hydroxylation is 1. The first-order chi connectivity index (χ1) is 11.3. The highest BCUT2D eigenvalue weighted by Crippen LogP contribution is 2.24. The number of anilines is 2. The summed E-state index contributed by atoms with van der Waals surface area (Å²) in [6.07, 6.45) is 0. The third-order valence-corrected chi connectivity index (χ3v) is 4.22. The molecular weight excluding hydrogens is 328 g/mol. The van der Waals surface area contributed by atoms with Gasteiger partial charge in [-0.15, -0.1) is 11.3 Å². The normalized spacial score (nSPS) is 10.3. The molecule has 0 aliphatic rings. The molecule has 2 N–H and O–H groups in total. The fraction of sp³-hybridized carbons (Fsp3) is 0.235. The third kappa shape index (κ3) is 3.80. The molecule has 7 heteroatoms. The Bertz CT molecular complexity index is 798. The van der Waals surface area contributed by atoms with Gasteiger partial charge in [-0.1, -0.05) is 0 Å². The van der Waals surface area contributed by atoms with Gasteiger partial charge in [-0.3, -0.25) is 9.59 Å². The molecule has 0 aliphatic heterocycles. The summed E-state index contributed by atoms with van der Waals surface area (Å²) in [6, 6.07) is 5.15. The van der Waals surface area contributed by atoms with E-state index < -0.39 is 11.9 Å². The lowest BCUT2D eigenvalue weighted by atomic mass is 10.1. The fourth-order valence-corrected chi connectivity index (χ4v) is 3.14. The van der Waals surface area contributed by atoms with Crippen molar-refractivity contribution in [3.8, 4) is 0 Å². The molecule has 0 saturated heterocycles. The summed E-state index contributed by atoms with van der Waals surface area (Å²) in [5.74, 6) is -1.62. The zero-order chi connectivity index (χ0) is 17.9. The first kappa shape index (κ1) is 17.7. The number of thiophene rings is 1. The van der Waals surface area contributed by atoms with Crippen LogP contribution in [0.5, 0.6) is 0 Å². The van der Waals surface area contributed by atoms with E-state index in [1.54, 1.807) is 22.4 Å². The molecule has 0 aliphatic carbocycles. The topological polar surface area (TPSA) is 86.7 Å². The molecule has 1 aromatic carbocycles. The number of amides is 2. The second kappa shape index (κ2) is 7.27. The van der Waals surface area contributed by atoms with E-state index in [1.165, 1.54) is 23.6 Å². The molecule has 126 valence electrons. The van der Waals surface area contributed by atoms with Crippen molar-refractivity contribution < 1.29 is 19.5 Å². The van der Waals surface area contributed by atoms with Gasteiger partial charge < -0.3 is 15.3 Å². The van der Waals surface area contributed by atoms with Crippen LogP contribution in [0, 0.1) is 6.92 Å². The smallest absolute Gasteiger partial charge is 0.338 e. The SMILES string of the molecule is CCN(C(C)=O)c1cc(C)cc(C(=O)Nc2cscc2C(=O)O)c1. The third-order valence-electron chi connectivity index (χ3n) is 3.47. The quantitative estimate of drug-likeness (QED) is 0.869. The Balaban J connectivity index is 2.33. The average molecular weight is 346 g/mol. The van der Waals surface area contributed by atoms with Crippen molar-refractivity contribution in [2.24, 2.45) is 0 Å². The molecule has 1 aromatic heterocycles. The van der Waals surface area contributed by atoms with Gasteiger partial charge in [-0.05, 0) is 37.6 Å². The molecule has 0 radical (unpaired) electrons. The molecule has 2 aromatic rings. The number of nitrogens with zero attached hydrogens (tertiary/aromatic N) is 1. The van der Waals surface area contributed by atoms with E-state index in [0.29, 0.717) is 17.8 Å². The maximum absolute atomic E-state index is 12.5. The standard InChI is InChI=1S/C17H18N2O4S/c1-4-19(11(3)20)13-6-10(2)5-12(7-13)16(21)18-15-9-24-8-14(15)17(22)23/h5-9H,4H2,1-3H3,(H,18,21)(H,22,23). The van der Waals surface area contributed by atoms with Crippen LogP contribution in [0.15, 0.2) is 29.0 Å². The van der Waals surface area contributed by atoms with Crippen LogP contribution in [0.2, 0.25) is 0 Å². The minimum Gasteiger partial charge on any atom is -0.478 e. The van der Waals surface area contributed by atoms with Crippen LogP contribution in [-0.2, 0) is 4.79 Å².